The molecule has 0 aliphatic carbocycles. The average Bonchev–Trinajstić information content (AvgIpc) is 2.93. The van der Waals surface area contributed by atoms with Crippen molar-refractivity contribution < 1.29 is 14.3 Å². The first-order valence-corrected chi connectivity index (χ1v) is 7.55. The molecule has 2 rings (SSSR count). The Morgan fingerprint density at radius 2 is 2.53 bits per heavy atom. The molecule has 0 saturated carbocycles. The first-order chi connectivity index (χ1) is 9.20. The molecule has 0 amide bonds. The molecule has 2 atom stereocenters. The molecule has 1 fully saturated rings. The quantitative estimate of drug-likeness (QED) is 0.843. The van der Waals surface area contributed by atoms with Crippen LogP contribution in [0.15, 0.2) is 11.4 Å². The van der Waals surface area contributed by atoms with Gasteiger partial charge in [0.25, 0.3) is 0 Å². The molecule has 1 aromatic rings. The second kappa shape index (κ2) is 7.03. The third-order valence-electron chi connectivity index (χ3n) is 3.57. The van der Waals surface area contributed by atoms with E-state index in [-0.39, 0.29) is 5.97 Å². The lowest BCUT2D eigenvalue weighted by molar-refractivity contribution is 0.0417. The molecule has 1 aliphatic rings. The first-order valence-electron chi connectivity index (χ1n) is 6.67. The standard InChI is InChI=1S/C14H21NO3S/c1-10(12-4-3-5-18-8-12)15-7-11-6-13(19-9-11)14(16)17-2/h6,9-10,12,15H,3-5,7-8H2,1-2H3/t10-,12+/m0/s1. The maximum atomic E-state index is 11.4. The fraction of sp³-hybridized carbons (Fsp3) is 0.643. The van der Waals surface area contributed by atoms with Gasteiger partial charge >= 0.3 is 5.97 Å². The summed E-state index contributed by atoms with van der Waals surface area (Å²) in [7, 11) is 1.41. The fourth-order valence-electron chi connectivity index (χ4n) is 2.28. The smallest absolute Gasteiger partial charge is 0.348 e. The van der Waals surface area contributed by atoms with Crippen LogP contribution >= 0.6 is 11.3 Å². The van der Waals surface area contributed by atoms with Crippen LogP contribution in [0.5, 0.6) is 0 Å². The summed E-state index contributed by atoms with van der Waals surface area (Å²) >= 11 is 1.43. The van der Waals surface area contributed by atoms with Crippen LogP contribution in [0.1, 0.15) is 35.0 Å². The van der Waals surface area contributed by atoms with Crippen LogP contribution in [-0.2, 0) is 16.0 Å². The third kappa shape index (κ3) is 4.03. The van der Waals surface area contributed by atoms with E-state index < -0.39 is 0 Å². The van der Waals surface area contributed by atoms with Gasteiger partial charge in [0.1, 0.15) is 4.88 Å². The molecule has 5 heteroatoms. The van der Waals surface area contributed by atoms with Gasteiger partial charge in [-0.3, -0.25) is 0 Å². The molecular weight excluding hydrogens is 262 g/mol. The highest BCUT2D eigenvalue weighted by Gasteiger charge is 2.20. The highest BCUT2D eigenvalue weighted by atomic mass is 32.1. The molecule has 0 aromatic carbocycles. The first kappa shape index (κ1) is 14.5. The number of hydrogen-bond donors (Lipinski definition) is 1. The number of rotatable bonds is 5. The molecule has 0 bridgehead atoms. The molecule has 0 spiro atoms. The van der Waals surface area contributed by atoms with Crippen LogP contribution in [0.2, 0.25) is 0 Å². The summed E-state index contributed by atoms with van der Waals surface area (Å²) in [4.78, 5) is 12.0. The van der Waals surface area contributed by atoms with E-state index in [1.165, 1.54) is 24.9 Å². The molecule has 0 radical (unpaired) electrons. The second-order valence-corrected chi connectivity index (χ2v) is 5.87. The van der Waals surface area contributed by atoms with Crippen LogP contribution in [0.25, 0.3) is 0 Å². The van der Waals surface area contributed by atoms with Gasteiger partial charge in [0.15, 0.2) is 0 Å². The maximum absolute atomic E-state index is 11.4. The number of ether oxygens (including phenoxy) is 2. The van der Waals surface area contributed by atoms with Crippen molar-refractivity contribution in [2.45, 2.75) is 32.4 Å². The van der Waals surface area contributed by atoms with E-state index in [9.17, 15) is 4.79 Å². The van der Waals surface area contributed by atoms with Crippen molar-refractivity contribution in [3.05, 3.63) is 21.9 Å². The summed E-state index contributed by atoms with van der Waals surface area (Å²) in [5, 5.41) is 5.52. The van der Waals surface area contributed by atoms with Crippen LogP contribution in [-0.4, -0.2) is 32.3 Å². The molecular formula is C14H21NO3S. The number of esters is 1. The van der Waals surface area contributed by atoms with Gasteiger partial charge in [-0.2, -0.15) is 0 Å². The molecule has 4 nitrogen and oxygen atoms in total. The Balaban J connectivity index is 1.81. The van der Waals surface area contributed by atoms with Gasteiger partial charge in [-0.25, -0.2) is 4.79 Å². The van der Waals surface area contributed by atoms with Gasteiger partial charge in [0.05, 0.1) is 13.7 Å². The van der Waals surface area contributed by atoms with Gasteiger partial charge in [0.2, 0.25) is 0 Å². The highest BCUT2D eigenvalue weighted by molar-refractivity contribution is 7.12. The lowest BCUT2D eigenvalue weighted by atomic mass is 9.95. The van der Waals surface area contributed by atoms with Crippen molar-refractivity contribution >= 4 is 17.3 Å². The topological polar surface area (TPSA) is 47.6 Å². The van der Waals surface area contributed by atoms with Crippen LogP contribution < -0.4 is 5.32 Å². The van der Waals surface area contributed by atoms with E-state index in [2.05, 4.69) is 12.2 Å². The minimum absolute atomic E-state index is 0.259. The van der Waals surface area contributed by atoms with Crippen molar-refractivity contribution in [1.82, 2.24) is 5.32 Å². The normalized spacial score (nSPS) is 21.1. The molecule has 1 aliphatic heterocycles. The van der Waals surface area contributed by atoms with E-state index in [1.807, 2.05) is 11.4 Å². The van der Waals surface area contributed by atoms with Crippen molar-refractivity contribution in [3.8, 4) is 0 Å². The zero-order chi connectivity index (χ0) is 13.7. The van der Waals surface area contributed by atoms with Gasteiger partial charge in [-0.1, -0.05) is 0 Å². The number of methoxy groups -OCH3 is 1. The van der Waals surface area contributed by atoms with Crippen LogP contribution in [0.3, 0.4) is 0 Å². The van der Waals surface area contributed by atoms with Gasteiger partial charge in [-0.05, 0) is 42.7 Å². The third-order valence-corrected chi connectivity index (χ3v) is 4.53. The Kier molecular flexibility index (Phi) is 5.36. The molecule has 2 heterocycles. The highest BCUT2D eigenvalue weighted by Crippen LogP contribution is 2.19. The average molecular weight is 283 g/mol. The summed E-state index contributed by atoms with van der Waals surface area (Å²) in [6.07, 6.45) is 2.38. The molecule has 19 heavy (non-hydrogen) atoms. The minimum Gasteiger partial charge on any atom is -0.465 e. The number of thiophene rings is 1. The van der Waals surface area contributed by atoms with E-state index in [0.717, 1.165) is 31.7 Å². The summed E-state index contributed by atoms with van der Waals surface area (Å²) in [5.41, 5.74) is 1.13. The van der Waals surface area contributed by atoms with Crippen molar-refractivity contribution in [3.63, 3.8) is 0 Å². The molecule has 106 valence electrons. The zero-order valence-corrected chi connectivity index (χ0v) is 12.3. The Hall–Kier alpha value is -0.910. The van der Waals surface area contributed by atoms with Crippen molar-refractivity contribution in [2.75, 3.05) is 20.3 Å². The summed E-state index contributed by atoms with van der Waals surface area (Å²) in [6, 6.07) is 2.33. The van der Waals surface area contributed by atoms with Crippen molar-refractivity contribution in [1.29, 1.82) is 0 Å². The lowest BCUT2D eigenvalue weighted by Gasteiger charge is -2.28. The zero-order valence-electron chi connectivity index (χ0n) is 11.5. The monoisotopic (exact) mass is 283 g/mol. The van der Waals surface area contributed by atoms with Gasteiger partial charge in [0, 0.05) is 19.2 Å². The number of hydrogen-bond acceptors (Lipinski definition) is 5. The fourth-order valence-corrected chi connectivity index (χ4v) is 3.11. The molecule has 1 aromatic heterocycles. The lowest BCUT2D eigenvalue weighted by Crippen LogP contribution is -2.37. The predicted octanol–water partition coefficient (Wildman–Crippen LogP) is 2.44. The maximum Gasteiger partial charge on any atom is 0.348 e. The number of carbonyl (C=O) groups is 1. The largest absolute Gasteiger partial charge is 0.465 e. The minimum atomic E-state index is -0.259. The summed E-state index contributed by atoms with van der Waals surface area (Å²) in [5.74, 6) is 0.331. The van der Waals surface area contributed by atoms with Crippen LogP contribution in [0.4, 0.5) is 0 Å². The Bertz CT molecular complexity index is 413. The van der Waals surface area contributed by atoms with Gasteiger partial charge < -0.3 is 14.8 Å². The van der Waals surface area contributed by atoms with E-state index in [4.69, 9.17) is 9.47 Å². The number of carbonyl (C=O) groups excluding carboxylic acids is 1. The van der Waals surface area contributed by atoms with E-state index >= 15 is 0 Å². The molecule has 1 saturated heterocycles. The number of nitrogens with one attached hydrogen (secondary N) is 1. The molecule has 0 unspecified atom stereocenters. The van der Waals surface area contributed by atoms with Crippen LogP contribution in [0, 0.1) is 5.92 Å². The second-order valence-electron chi connectivity index (χ2n) is 4.96. The Morgan fingerprint density at radius 3 is 3.21 bits per heavy atom. The van der Waals surface area contributed by atoms with Gasteiger partial charge in [-0.15, -0.1) is 11.3 Å². The van der Waals surface area contributed by atoms with Crippen molar-refractivity contribution in [2.24, 2.45) is 5.92 Å². The Morgan fingerprint density at radius 1 is 1.68 bits per heavy atom. The predicted molar refractivity (Wildman–Crippen MR) is 75.5 cm³/mol. The van der Waals surface area contributed by atoms with E-state index in [0.29, 0.717) is 16.8 Å². The summed E-state index contributed by atoms with van der Waals surface area (Å²) in [6.45, 7) is 4.74. The molecule has 1 N–H and O–H groups in total. The summed E-state index contributed by atoms with van der Waals surface area (Å²) < 4.78 is 10.2. The Labute approximate surface area is 118 Å². The SMILES string of the molecule is COC(=O)c1cc(CN[C@@H](C)[C@@H]2CCCOC2)cs1. The van der Waals surface area contributed by atoms with E-state index in [1.54, 1.807) is 0 Å².